The van der Waals surface area contributed by atoms with Gasteiger partial charge in [-0.1, -0.05) is 195 Å². The molecule has 0 aliphatic carbocycles. The van der Waals surface area contributed by atoms with E-state index in [0.29, 0.717) is 0 Å². The Morgan fingerprint density at radius 2 is 0.805 bits per heavy atom. The molecule has 18 aromatic rings. The molecule has 0 saturated carbocycles. The first-order chi connectivity index (χ1) is 43.0. The van der Waals surface area contributed by atoms with Crippen LogP contribution in [0.3, 0.4) is 0 Å². The standard InChI is InChI=1S/C81H54N4O2/c1-5-23-54-56-33-19-43-66(80(56)86-68(54)6-2)82(52-30-15-24-48(3)46-52)62-39-21-41-64-72(62)58-35-17-37-60-74-71(51-28-11-8-12-29-51)79-75(70(50-26-9-7-10-27-50)78(74)84(64)76(58)60)61-38-18-36-59-73-63(40-22-42-65(73)85(79)77(59)61)83(53-31-16-25-49(4)47-53)67-44-20-34-57-55-32-13-14-45-69(55)87-81(57)67/h5-47H,2H2,1,3-4H3/b23-5-. The molecule has 0 aliphatic heterocycles. The van der Waals surface area contributed by atoms with Crippen molar-refractivity contribution in [2.45, 2.75) is 20.8 Å². The van der Waals surface area contributed by atoms with Gasteiger partial charge in [0.25, 0.3) is 0 Å². The van der Waals surface area contributed by atoms with E-state index in [1.54, 1.807) is 0 Å². The lowest BCUT2D eigenvalue weighted by molar-refractivity contribution is 0.604. The average molecular weight is 1120 g/mol. The van der Waals surface area contributed by atoms with E-state index >= 15 is 0 Å². The molecule has 6 aromatic heterocycles. The van der Waals surface area contributed by atoms with Crippen LogP contribution < -0.4 is 9.80 Å². The first kappa shape index (κ1) is 49.1. The minimum Gasteiger partial charge on any atom is -0.454 e. The molecule has 6 heteroatoms. The van der Waals surface area contributed by atoms with E-state index in [1.165, 1.54) is 82.0 Å². The topological polar surface area (TPSA) is 41.6 Å². The van der Waals surface area contributed by atoms with Crippen molar-refractivity contribution in [1.82, 2.24) is 8.80 Å². The maximum Gasteiger partial charge on any atom is 0.159 e. The molecule has 0 saturated heterocycles. The predicted octanol–water partition coefficient (Wildman–Crippen LogP) is 23.2. The Morgan fingerprint density at radius 1 is 0.379 bits per heavy atom. The highest BCUT2D eigenvalue weighted by Crippen LogP contribution is 2.57. The van der Waals surface area contributed by atoms with Gasteiger partial charge in [0.15, 0.2) is 11.2 Å². The Hall–Kier alpha value is -11.3. The lowest BCUT2D eigenvalue weighted by Crippen LogP contribution is -2.11. The van der Waals surface area contributed by atoms with Gasteiger partial charge < -0.3 is 27.4 Å². The zero-order valence-corrected chi connectivity index (χ0v) is 48.1. The van der Waals surface area contributed by atoms with Crippen LogP contribution in [0, 0.1) is 13.8 Å². The van der Waals surface area contributed by atoms with Crippen molar-refractivity contribution in [2.24, 2.45) is 0 Å². The van der Waals surface area contributed by atoms with Crippen molar-refractivity contribution in [3.8, 4) is 22.3 Å². The Balaban J connectivity index is 0.995. The van der Waals surface area contributed by atoms with Gasteiger partial charge in [0.05, 0.1) is 55.8 Å². The van der Waals surface area contributed by atoms with Gasteiger partial charge >= 0.3 is 0 Å². The molecule has 0 N–H and O–H groups in total. The smallest absolute Gasteiger partial charge is 0.159 e. The van der Waals surface area contributed by atoms with Crippen molar-refractivity contribution in [2.75, 3.05) is 9.80 Å². The Bertz CT molecular complexity index is 5900. The Morgan fingerprint density at radius 3 is 1.32 bits per heavy atom. The van der Waals surface area contributed by atoms with Gasteiger partial charge in [0.2, 0.25) is 0 Å². The van der Waals surface area contributed by atoms with Crippen LogP contribution in [0.25, 0.3) is 144 Å². The third-order valence-corrected chi connectivity index (χ3v) is 18.3. The van der Waals surface area contributed by atoms with Crippen LogP contribution in [0.2, 0.25) is 0 Å². The van der Waals surface area contributed by atoms with Crippen molar-refractivity contribution in [3.63, 3.8) is 0 Å². The van der Waals surface area contributed by atoms with Gasteiger partial charge in [-0.15, -0.1) is 0 Å². The van der Waals surface area contributed by atoms with Crippen LogP contribution in [0.1, 0.15) is 29.4 Å². The van der Waals surface area contributed by atoms with E-state index in [4.69, 9.17) is 8.83 Å². The van der Waals surface area contributed by atoms with Crippen molar-refractivity contribution in [1.29, 1.82) is 0 Å². The summed E-state index contributed by atoms with van der Waals surface area (Å²) in [6, 6.07) is 89.0. The number of furan rings is 2. The number of anilines is 6. The molecule has 0 bridgehead atoms. The van der Waals surface area contributed by atoms with E-state index in [0.717, 1.165) is 106 Å². The Labute approximate surface area is 500 Å². The second-order valence-electron chi connectivity index (χ2n) is 23.2. The fourth-order valence-electron chi connectivity index (χ4n) is 15.0. The van der Waals surface area contributed by atoms with E-state index in [1.807, 2.05) is 13.0 Å². The first-order valence-electron chi connectivity index (χ1n) is 29.9. The molecule has 12 aromatic carbocycles. The Kier molecular flexibility index (Phi) is 10.5. The van der Waals surface area contributed by atoms with Crippen molar-refractivity contribution < 1.29 is 8.83 Å². The summed E-state index contributed by atoms with van der Waals surface area (Å²) in [4.78, 5) is 4.84. The maximum absolute atomic E-state index is 6.89. The number of para-hydroxylation sites is 5. The molecule has 18 rings (SSSR count). The van der Waals surface area contributed by atoms with Crippen molar-refractivity contribution in [3.05, 3.63) is 278 Å². The molecular weight excluding hydrogens is 1060 g/mol. The SMILES string of the molecule is C=Cc1oc2c(N(c3cccc(C)c3)c3cccc4c3c3cccc5c6c(-c7ccccc7)c7c(c(-c8ccccc8)c6n4c35)c3cccc4c5c(N(c6cccc(C)c6)c6cccc8c6oc6ccccc68)cccc5n7c43)cccc2c1/C=C\C. The summed E-state index contributed by atoms with van der Waals surface area (Å²) in [5, 5.41) is 12.7. The summed E-state index contributed by atoms with van der Waals surface area (Å²) in [5.74, 6) is 0.747. The largest absolute Gasteiger partial charge is 0.454 e. The van der Waals surface area contributed by atoms with Crippen LogP contribution in [-0.4, -0.2) is 8.80 Å². The summed E-state index contributed by atoms with van der Waals surface area (Å²) in [6.07, 6.45) is 6.01. The van der Waals surface area contributed by atoms with Crippen LogP contribution in [0.5, 0.6) is 0 Å². The maximum atomic E-state index is 6.89. The fourth-order valence-corrected chi connectivity index (χ4v) is 15.0. The van der Waals surface area contributed by atoms with E-state index < -0.39 is 0 Å². The molecule has 6 heterocycles. The molecule has 87 heavy (non-hydrogen) atoms. The molecule has 0 spiro atoms. The fraction of sp³-hybridized carbons (Fsp3) is 0.0370. The first-order valence-corrected chi connectivity index (χ1v) is 29.9. The molecule has 0 unspecified atom stereocenters. The molecule has 0 aliphatic rings. The molecule has 0 atom stereocenters. The molecule has 0 fully saturated rings. The highest BCUT2D eigenvalue weighted by atomic mass is 16.3. The lowest BCUT2D eigenvalue weighted by atomic mass is 9.89. The summed E-state index contributed by atoms with van der Waals surface area (Å²) in [7, 11) is 0. The number of aromatic nitrogens is 2. The number of hydrogen-bond donors (Lipinski definition) is 0. The third-order valence-electron chi connectivity index (χ3n) is 18.3. The van der Waals surface area contributed by atoms with E-state index in [2.05, 4.69) is 294 Å². The van der Waals surface area contributed by atoms with Gasteiger partial charge in [0.1, 0.15) is 11.3 Å². The van der Waals surface area contributed by atoms with Gasteiger partial charge in [-0.3, -0.25) is 0 Å². The number of nitrogens with zero attached hydrogens (tertiary/aromatic N) is 4. The van der Waals surface area contributed by atoms with Crippen LogP contribution in [0.4, 0.5) is 34.1 Å². The molecular formula is C81H54N4O2. The van der Waals surface area contributed by atoms with E-state index in [-0.39, 0.29) is 0 Å². The number of allylic oxidation sites excluding steroid dienone is 1. The number of aryl methyl sites for hydroxylation is 2. The second kappa shape index (κ2) is 18.6. The number of hydrogen-bond acceptors (Lipinski definition) is 4. The van der Waals surface area contributed by atoms with Crippen LogP contribution in [-0.2, 0) is 0 Å². The molecule has 0 amide bonds. The summed E-state index contributed by atoms with van der Waals surface area (Å²) in [6.45, 7) is 10.6. The van der Waals surface area contributed by atoms with Crippen molar-refractivity contribution >= 4 is 155 Å². The zero-order chi connectivity index (χ0) is 57.8. The normalized spacial score (nSPS) is 12.3. The highest BCUT2D eigenvalue weighted by molar-refractivity contribution is 6.39. The van der Waals surface area contributed by atoms with Gasteiger partial charge in [-0.25, -0.2) is 0 Å². The molecule has 6 nitrogen and oxygen atoms in total. The van der Waals surface area contributed by atoms with Gasteiger partial charge in [0, 0.05) is 87.3 Å². The van der Waals surface area contributed by atoms with E-state index in [9.17, 15) is 0 Å². The summed E-state index contributed by atoms with van der Waals surface area (Å²) in [5.41, 5.74) is 23.8. The lowest BCUT2D eigenvalue weighted by Gasteiger charge is -2.27. The third kappa shape index (κ3) is 6.81. The number of fused-ring (bicyclic) bond motifs is 16. The highest BCUT2D eigenvalue weighted by Gasteiger charge is 2.33. The zero-order valence-electron chi connectivity index (χ0n) is 48.1. The minimum atomic E-state index is 0.747. The number of benzene rings is 12. The van der Waals surface area contributed by atoms with Crippen LogP contribution in [0.15, 0.2) is 264 Å². The molecule has 0 radical (unpaired) electrons. The monoisotopic (exact) mass is 1110 g/mol. The van der Waals surface area contributed by atoms with Gasteiger partial charge in [-0.2, -0.15) is 0 Å². The average Bonchev–Trinajstić information content (AvgIpc) is 1.58. The predicted molar refractivity (Wildman–Crippen MR) is 367 cm³/mol. The summed E-state index contributed by atoms with van der Waals surface area (Å²) < 4.78 is 19.0. The quantitative estimate of drug-likeness (QED) is 0.137. The molecule has 410 valence electrons. The second-order valence-corrected chi connectivity index (χ2v) is 23.2. The number of rotatable bonds is 10. The van der Waals surface area contributed by atoms with Crippen LogP contribution >= 0.6 is 0 Å². The summed E-state index contributed by atoms with van der Waals surface area (Å²) >= 11 is 0. The van der Waals surface area contributed by atoms with Gasteiger partial charge in [-0.05, 0) is 116 Å². The minimum absolute atomic E-state index is 0.747.